The zero-order valence-electron chi connectivity index (χ0n) is 12.5. The van der Waals surface area contributed by atoms with Crippen molar-refractivity contribution >= 4 is 16.7 Å². The lowest BCUT2D eigenvalue weighted by Crippen LogP contribution is -2.16. The molecule has 1 atom stereocenters. The Morgan fingerprint density at radius 2 is 1.57 bits per heavy atom. The fourth-order valence-electron chi connectivity index (χ4n) is 2.40. The number of hydrogen-bond donors (Lipinski definition) is 1. The molecule has 0 heterocycles. The Hall–Kier alpha value is -2.91. The van der Waals surface area contributed by atoms with E-state index in [1.54, 1.807) is 30.3 Å². The lowest BCUT2D eigenvalue weighted by atomic mass is 10.0. The van der Waals surface area contributed by atoms with Gasteiger partial charge in [-0.25, -0.2) is 4.79 Å². The summed E-state index contributed by atoms with van der Waals surface area (Å²) in [6.45, 7) is 3.68. The molecule has 0 amide bonds. The average Bonchev–Trinajstić information content (AvgIpc) is 2.61. The van der Waals surface area contributed by atoms with Crippen molar-refractivity contribution in [3.8, 4) is 5.75 Å². The van der Waals surface area contributed by atoms with Crippen molar-refractivity contribution in [1.29, 1.82) is 0 Å². The van der Waals surface area contributed by atoms with E-state index in [0.717, 1.165) is 10.8 Å². The first kappa shape index (κ1) is 15.0. The lowest BCUT2D eigenvalue weighted by molar-refractivity contribution is -0.131. The third-order valence-corrected chi connectivity index (χ3v) is 3.66. The number of rotatable bonds is 4. The Morgan fingerprint density at radius 3 is 2.35 bits per heavy atom. The van der Waals surface area contributed by atoms with Gasteiger partial charge in [-0.3, -0.25) is 0 Å². The van der Waals surface area contributed by atoms with Gasteiger partial charge in [0, 0.05) is 5.39 Å². The summed E-state index contributed by atoms with van der Waals surface area (Å²) in [5.74, 6) is -0.188. The number of benzene rings is 3. The van der Waals surface area contributed by atoms with Crippen LogP contribution in [0.2, 0.25) is 0 Å². The molecule has 3 heteroatoms. The molecule has 1 unspecified atom stereocenters. The van der Waals surface area contributed by atoms with E-state index < -0.39 is 12.1 Å². The van der Waals surface area contributed by atoms with Crippen LogP contribution in [0.1, 0.15) is 11.7 Å². The zero-order valence-corrected chi connectivity index (χ0v) is 12.5. The number of ether oxygens (including phenoxy) is 1. The van der Waals surface area contributed by atoms with Crippen LogP contribution in [0, 0.1) is 0 Å². The maximum atomic E-state index is 12.3. The topological polar surface area (TPSA) is 46.5 Å². The van der Waals surface area contributed by atoms with Gasteiger partial charge in [-0.1, -0.05) is 73.3 Å². The third-order valence-electron chi connectivity index (χ3n) is 3.66. The molecule has 1 N–H and O–H groups in total. The molecule has 0 saturated carbocycles. The van der Waals surface area contributed by atoms with Crippen LogP contribution in [-0.4, -0.2) is 11.1 Å². The maximum absolute atomic E-state index is 12.3. The summed E-state index contributed by atoms with van der Waals surface area (Å²) in [4.78, 5) is 12.3. The van der Waals surface area contributed by atoms with Gasteiger partial charge in [-0.15, -0.1) is 0 Å². The van der Waals surface area contributed by atoms with Crippen LogP contribution in [-0.2, 0) is 4.79 Å². The van der Waals surface area contributed by atoms with Crippen molar-refractivity contribution in [2.45, 2.75) is 6.10 Å². The SMILES string of the molecule is C=C(C(=O)Oc1cccc2ccccc12)C(O)c1ccccc1. The highest BCUT2D eigenvalue weighted by atomic mass is 16.5. The minimum Gasteiger partial charge on any atom is -0.422 e. The Balaban J connectivity index is 1.82. The molecular weight excluding hydrogens is 288 g/mol. The summed E-state index contributed by atoms with van der Waals surface area (Å²) < 4.78 is 5.43. The number of esters is 1. The van der Waals surface area contributed by atoms with Crippen LogP contribution in [0.4, 0.5) is 0 Å². The Bertz CT molecular complexity index is 848. The molecule has 114 valence electrons. The van der Waals surface area contributed by atoms with Crippen molar-refractivity contribution in [3.05, 3.63) is 90.5 Å². The van der Waals surface area contributed by atoms with Crippen LogP contribution < -0.4 is 4.74 Å². The van der Waals surface area contributed by atoms with E-state index in [0.29, 0.717) is 11.3 Å². The molecule has 3 aromatic carbocycles. The van der Waals surface area contributed by atoms with E-state index in [1.165, 1.54) is 0 Å². The van der Waals surface area contributed by atoms with E-state index >= 15 is 0 Å². The number of carbonyl (C=O) groups is 1. The van der Waals surface area contributed by atoms with Crippen LogP contribution in [0.3, 0.4) is 0 Å². The predicted octanol–water partition coefficient (Wildman–Crippen LogP) is 4.04. The summed E-state index contributed by atoms with van der Waals surface area (Å²) in [5.41, 5.74) is 0.608. The van der Waals surface area contributed by atoms with Gasteiger partial charge < -0.3 is 9.84 Å². The number of aliphatic hydroxyl groups excluding tert-OH is 1. The molecule has 0 fully saturated rings. The van der Waals surface area contributed by atoms with Gasteiger partial charge in [0.1, 0.15) is 11.9 Å². The highest BCUT2D eigenvalue weighted by Crippen LogP contribution is 2.27. The van der Waals surface area contributed by atoms with E-state index in [9.17, 15) is 9.90 Å². The molecule has 0 aliphatic rings. The molecule has 3 aromatic rings. The van der Waals surface area contributed by atoms with Crippen LogP contribution in [0.25, 0.3) is 10.8 Å². The van der Waals surface area contributed by atoms with Gasteiger partial charge in [-0.05, 0) is 17.0 Å². The smallest absolute Gasteiger partial charge is 0.341 e. The lowest BCUT2D eigenvalue weighted by Gasteiger charge is -2.14. The minimum atomic E-state index is -1.08. The standard InChI is InChI=1S/C20H16O3/c1-14(19(21)16-9-3-2-4-10-16)20(22)23-18-13-7-11-15-8-5-6-12-17(15)18/h2-13,19,21H,1H2. The van der Waals surface area contributed by atoms with Crippen molar-refractivity contribution in [2.24, 2.45) is 0 Å². The number of fused-ring (bicyclic) bond motifs is 1. The normalized spacial score (nSPS) is 11.9. The molecule has 23 heavy (non-hydrogen) atoms. The number of carbonyl (C=O) groups excluding carboxylic acids is 1. The van der Waals surface area contributed by atoms with Gasteiger partial charge in [0.2, 0.25) is 0 Å². The van der Waals surface area contributed by atoms with Gasteiger partial charge in [-0.2, -0.15) is 0 Å². The fraction of sp³-hybridized carbons (Fsp3) is 0.0500. The average molecular weight is 304 g/mol. The molecule has 0 aliphatic heterocycles. The third kappa shape index (κ3) is 3.15. The highest BCUT2D eigenvalue weighted by Gasteiger charge is 2.20. The van der Waals surface area contributed by atoms with Crippen LogP contribution in [0.5, 0.6) is 5.75 Å². The minimum absolute atomic E-state index is 0.00383. The Morgan fingerprint density at radius 1 is 0.913 bits per heavy atom. The summed E-state index contributed by atoms with van der Waals surface area (Å²) in [6.07, 6.45) is -1.08. The highest BCUT2D eigenvalue weighted by molar-refractivity contribution is 5.95. The first-order chi connectivity index (χ1) is 11.2. The van der Waals surface area contributed by atoms with Crippen LogP contribution in [0.15, 0.2) is 84.9 Å². The predicted molar refractivity (Wildman–Crippen MR) is 90.1 cm³/mol. The summed E-state index contributed by atoms with van der Waals surface area (Å²) in [5, 5.41) is 12.1. The van der Waals surface area contributed by atoms with Gasteiger partial charge in [0.15, 0.2) is 0 Å². The Kier molecular flexibility index (Phi) is 4.22. The molecular formula is C20H16O3. The second-order valence-corrected chi connectivity index (χ2v) is 5.21. The summed E-state index contributed by atoms with van der Waals surface area (Å²) in [7, 11) is 0. The molecule has 0 saturated heterocycles. The maximum Gasteiger partial charge on any atom is 0.341 e. The molecule has 0 bridgehead atoms. The number of hydrogen-bond acceptors (Lipinski definition) is 3. The molecule has 0 aromatic heterocycles. The van der Waals surface area contributed by atoms with Crippen molar-refractivity contribution in [1.82, 2.24) is 0 Å². The van der Waals surface area contributed by atoms with Crippen LogP contribution >= 0.6 is 0 Å². The van der Waals surface area contributed by atoms with E-state index in [-0.39, 0.29) is 5.57 Å². The van der Waals surface area contributed by atoms with Gasteiger partial charge >= 0.3 is 5.97 Å². The Labute approximate surface area is 134 Å². The van der Waals surface area contributed by atoms with Gasteiger partial charge in [0.25, 0.3) is 0 Å². The second kappa shape index (κ2) is 6.46. The van der Waals surface area contributed by atoms with Gasteiger partial charge in [0.05, 0.1) is 5.57 Å². The van der Waals surface area contributed by atoms with E-state index in [1.807, 2.05) is 42.5 Å². The largest absolute Gasteiger partial charge is 0.422 e. The molecule has 0 radical (unpaired) electrons. The summed E-state index contributed by atoms with van der Waals surface area (Å²) >= 11 is 0. The molecule has 3 nitrogen and oxygen atoms in total. The van der Waals surface area contributed by atoms with Crippen molar-refractivity contribution in [3.63, 3.8) is 0 Å². The second-order valence-electron chi connectivity index (χ2n) is 5.21. The molecule has 0 aliphatic carbocycles. The summed E-state index contributed by atoms with van der Waals surface area (Å²) in [6, 6.07) is 22.0. The van der Waals surface area contributed by atoms with Crippen molar-refractivity contribution in [2.75, 3.05) is 0 Å². The molecule has 3 rings (SSSR count). The van der Waals surface area contributed by atoms with E-state index in [4.69, 9.17) is 4.74 Å². The first-order valence-electron chi connectivity index (χ1n) is 7.28. The quantitative estimate of drug-likeness (QED) is 0.449. The monoisotopic (exact) mass is 304 g/mol. The first-order valence-corrected chi connectivity index (χ1v) is 7.28. The zero-order chi connectivity index (χ0) is 16.2. The number of aliphatic hydroxyl groups is 1. The van der Waals surface area contributed by atoms with E-state index in [2.05, 4.69) is 6.58 Å². The van der Waals surface area contributed by atoms with Crippen molar-refractivity contribution < 1.29 is 14.6 Å². The molecule has 0 spiro atoms. The fourth-order valence-corrected chi connectivity index (χ4v) is 2.40.